The number of rotatable bonds is 7. The molecule has 2 aromatic heterocycles. The van der Waals surface area contributed by atoms with Gasteiger partial charge in [0.1, 0.15) is 5.76 Å². The van der Waals surface area contributed by atoms with Crippen LogP contribution in [0.3, 0.4) is 0 Å². The van der Waals surface area contributed by atoms with Crippen molar-refractivity contribution in [2.75, 3.05) is 6.61 Å². The molecule has 4 aliphatic carbocycles. The molecule has 0 radical (unpaired) electrons. The number of hydrogen-bond donors (Lipinski definition) is 0. The first-order valence-electron chi connectivity index (χ1n) is 13.2. The first-order chi connectivity index (χ1) is 17.3. The highest BCUT2D eigenvalue weighted by Crippen LogP contribution is 2.66. The van der Waals surface area contributed by atoms with E-state index in [1.165, 1.54) is 30.4 Å². The molecule has 0 saturated heterocycles. The Morgan fingerprint density at radius 3 is 2.42 bits per heavy atom. The van der Waals surface area contributed by atoms with Gasteiger partial charge < -0.3 is 13.7 Å². The third-order valence-electron chi connectivity index (χ3n) is 9.26. The number of carbonyl (C=O) groups excluding carboxylic acids is 2. The predicted molar refractivity (Wildman–Crippen MR) is 137 cm³/mol. The second kappa shape index (κ2) is 8.50. The molecule has 3 aromatic rings. The molecular weight excluding hydrogens is 450 g/mol. The van der Waals surface area contributed by atoms with Gasteiger partial charge in [0.05, 0.1) is 18.2 Å². The zero-order valence-corrected chi connectivity index (χ0v) is 21.5. The van der Waals surface area contributed by atoms with Gasteiger partial charge in [0.2, 0.25) is 5.78 Å². The van der Waals surface area contributed by atoms with Crippen LogP contribution in [-0.2, 0) is 21.5 Å². The second-order valence-electron chi connectivity index (χ2n) is 11.8. The number of benzene rings is 1. The quantitative estimate of drug-likeness (QED) is 0.290. The summed E-state index contributed by atoms with van der Waals surface area (Å²) >= 11 is 0. The molecule has 188 valence electrons. The second-order valence-corrected chi connectivity index (χ2v) is 11.8. The highest BCUT2D eigenvalue weighted by Gasteiger charge is 2.61. The summed E-state index contributed by atoms with van der Waals surface area (Å²) in [6.45, 7) is 6.42. The molecule has 0 amide bonds. The van der Waals surface area contributed by atoms with E-state index >= 15 is 0 Å². The lowest BCUT2D eigenvalue weighted by Gasteiger charge is -2.61. The first kappa shape index (κ1) is 23.3. The minimum atomic E-state index is -0.453. The van der Waals surface area contributed by atoms with Crippen LogP contribution < -0.4 is 0 Å². The van der Waals surface area contributed by atoms with Gasteiger partial charge in [-0.3, -0.25) is 9.59 Å². The smallest absolute Gasteiger partial charge is 0.312 e. The fourth-order valence-corrected chi connectivity index (χ4v) is 7.99. The highest BCUT2D eigenvalue weighted by molar-refractivity contribution is 5.99. The van der Waals surface area contributed by atoms with Crippen molar-refractivity contribution in [3.05, 3.63) is 82.6 Å². The molecule has 2 atom stereocenters. The number of ketones is 1. The Hall–Kier alpha value is -3.08. The van der Waals surface area contributed by atoms with E-state index in [1.807, 2.05) is 32.0 Å². The fourth-order valence-electron chi connectivity index (χ4n) is 7.99. The first-order valence-corrected chi connectivity index (χ1v) is 13.2. The molecule has 4 aliphatic rings. The Morgan fingerprint density at radius 1 is 1.03 bits per heavy atom. The van der Waals surface area contributed by atoms with Crippen LogP contribution in [0.15, 0.2) is 53.1 Å². The van der Waals surface area contributed by atoms with Gasteiger partial charge in [0.25, 0.3) is 0 Å². The van der Waals surface area contributed by atoms with Gasteiger partial charge in [-0.25, -0.2) is 0 Å². The average molecular weight is 486 g/mol. The molecule has 5 nitrogen and oxygen atoms in total. The molecule has 0 spiro atoms. The third-order valence-corrected chi connectivity index (χ3v) is 9.26. The molecule has 4 saturated carbocycles. The van der Waals surface area contributed by atoms with Crippen molar-refractivity contribution >= 4 is 11.8 Å². The topological polar surface area (TPSA) is 61.4 Å². The lowest BCUT2D eigenvalue weighted by atomic mass is 9.43. The number of Topliss-reactive ketones (excluding diaryl/α,β-unsaturated/α-hetero) is 1. The van der Waals surface area contributed by atoms with Gasteiger partial charge in [0.15, 0.2) is 6.61 Å². The SMILES string of the molecule is Cc1ccc(C23C[C@H]4C[C@@H](CC(C(=O)OCC(=O)c5cc(C)n(Cc6ccco6)c5C)(C4)C2)C3)cc1. The van der Waals surface area contributed by atoms with E-state index in [4.69, 9.17) is 9.15 Å². The summed E-state index contributed by atoms with van der Waals surface area (Å²) in [5.74, 6) is 1.67. The summed E-state index contributed by atoms with van der Waals surface area (Å²) in [5.41, 5.74) is 4.73. The molecule has 0 N–H and O–H groups in total. The number of esters is 1. The van der Waals surface area contributed by atoms with Crippen LogP contribution >= 0.6 is 0 Å². The summed E-state index contributed by atoms with van der Waals surface area (Å²) in [7, 11) is 0. The molecule has 0 aliphatic heterocycles. The van der Waals surface area contributed by atoms with Crippen LogP contribution in [0.1, 0.15) is 77.2 Å². The van der Waals surface area contributed by atoms with Gasteiger partial charge in [-0.05, 0) is 100 Å². The molecule has 4 fully saturated rings. The van der Waals surface area contributed by atoms with Crippen LogP contribution in [-0.4, -0.2) is 22.9 Å². The van der Waals surface area contributed by atoms with E-state index in [9.17, 15) is 9.59 Å². The van der Waals surface area contributed by atoms with Crippen molar-refractivity contribution in [2.45, 2.75) is 71.3 Å². The standard InChI is InChI=1S/C31H35NO4/c1-20-6-8-25(9-7-20)30-13-23-12-24(14-30)16-31(15-23,19-30)29(34)36-18-28(33)27-11-21(2)32(22(27)3)17-26-5-4-10-35-26/h4-11,23-24H,12-19H2,1-3H3/t23-,24-,30?,31?/m1/s1. The summed E-state index contributed by atoms with van der Waals surface area (Å²) in [4.78, 5) is 26.8. The molecular formula is C31H35NO4. The number of aromatic nitrogens is 1. The van der Waals surface area contributed by atoms with Crippen molar-refractivity contribution in [3.8, 4) is 0 Å². The van der Waals surface area contributed by atoms with Crippen LogP contribution in [0, 0.1) is 38.0 Å². The Bertz CT molecular complexity index is 1280. The van der Waals surface area contributed by atoms with Crippen molar-refractivity contribution in [3.63, 3.8) is 0 Å². The normalized spacial score (nSPS) is 28.4. The lowest BCUT2D eigenvalue weighted by molar-refractivity contribution is -0.172. The van der Waals surface area contributed by atoms with Crippen LogP contribution in [0.5, 0.6) is 0 Å². The maximum Gasteiger partial charge on any atom is 0.312 e. The molecule has 1 aromatic carbocycles. The van der Waals surface area contributed by atoms with Crippen molar-refractivity contribution in [2.24, 2.45) is 17.3 Å². The Balaban J connectivity index is 1.18. The predicted octanol–water partition coefficient (Wildman–Crippen LogP) is 6.32. The number of nitrogens with zero attached hydrogens (tertiary/aromatic N) is 1. The Morgan fingerprint density at radius 2 is 1.75 bits per heavy atom. The zero-order chi connectivity index (χ0) is 25.1. The summed E-state index contributed by atoms with van der Waals surface area (Å²) in [5, 5.41) is 0. The summed E-state index contributed by atoms with van der Waals surface area (Å²) in [6, 6.07) is 14.6. The molecule has 2 heterocycles. The van der Waals surface area contributed by atoms with E-state index in [2.05, 4.69) is 35.8 Å². The third kappa shape index (κ3) is 3.84. The monoisotopic (exact) mass is 485 g/mol. The number of carbonyl (C=O) groups is 2. The lowest BCUT2D eigenvalue weighted by Crippen LogP contribution is -2.57. The summed E-state index contributed by atoms with van der Waals surface area (Å²) < 4.78 is 13.4. The van der Waals surface area contributed by atoms with Gasteiger partial charge in [-0.15, -0.1) is 0 Å². The number of ether oxygens (including phenoxy) is 1. The highest BCUT2D eigenvalue weighted by atomic mass is 16.5. The molecule has 5 heteroatoms. The summed E-state index contributed by atoms with van der Waals surface area (Å²) in [6.07, 6.45) is 7.88. The van der Waals surface area contributed by atoms with Crippen LogP contribution in [0.25, 0.3) is 0 Å². The zero-order valence-electron chi connectivity index (χ0n) is 21.5. The molecule has 36 heavy (non-hydrogen) atoms. The van der Waals surface area contributed by atoms with E-state index in [0.717, 1.165) is 36.4 Å². The van der Waals surface area contributed by atoms with E-state index in [1.54, 1.807) is 6.26 Å². The van der Waals surface area contributed by atoms with Crippen molar-refractivity contribution in [1.82, 2.24) is 4.57 Å². The minimum Gasteiger partial charge on any atom is -0.467 e. The maximum atomic E-state index is 13.6. The number of aryl methyl sites for hydroxylation is 2. The Labute approximate surface area is 212 Å². The van der Waals surface area contributed by atoms with Crippen LogP contribution in [0.4, 0.5) is 0 Å². The molecule has 4 bridgehead atoms. The van der Waals surface area contributed by atoms with Crippen molar-refractivity contribution < 1.29 is 18.7 Å². The molecule has 7 rings (SSSR count). The van der Waals surface area contributed by atoms with Gasteiger partial charge in [-0.1, -0.05) is 29.8 Å². The van der Waals surface area contributed by atoms with Crippen molar-refractivity contribution in [1.29, 1.82) is 0 Å². The fraction of sp³-hybridized carbons (Fsp3) is 0.484. The maximum absolute atomic E-state index is 13.6. The van der Waals surface area contributed by atoms with E-state index in [-0.39, 0.29) is 23.8 Å². The largest absolute Gasteiger partial charge is 0.467 e. The Kier molecular flexibility index (Phi) is 5.51. The van der Waals surface area contributed by atoms with Gasteiger partial charge >= 0.3 is 5.97 Å². The number of hydrogen-bond acceptors (Lipinski definition) is 4. The molecule has 0 unspecified atom stereocenters. The van der Waals surface area contributed by atoms with Gasteiger partial charge in [-0.2, -0.15) is 0 Å². The van der Waals surface area contributed by atoms with Crippen LogP contribution in [0.2, 0.25) is 0 Å². The van der Waals surface area contributed by atoms with E-state index < -0.39 is 5.41 Å². The van der Waals surface area contributed by atoms with Gasteiger partial charge in [0, 0.05) is 17.0 Å². The van der Waals surface area contributed by atoms with E-state index in [0.29, 0.717) is 23.9 Å². The minimum absolute atomic E-state index is 0.0670. The number of furan rings is 1. The average Bonchev–Trinajstić information content (AvgIpc) is 3.45.